The van der Waals surface area contributed by atoms with Crippen LogP contribution in [-0.4, -0.2) is 61.5 Å². The van der Waals surface area contributed by atoms with E-state index in [1.807, 2.05) is 25.8 Å². The summed E-state index contributed by atoms with van der Waals surface area (Å²) in [6.45, 7) is 7.91. The van der Waals surface area contributed by atoms with Crippen LogP contribution >= 0.6 is 7.75 Å². The summed E-state index contributed by atoms with van der Waals surface area (Å²) in [6, 6.07) is 7.33. The molecule has 2 aliphatic rings. The number of H-pyrrole nitrogens is 1. The van der Waals surface area contributed by atoms with Gasteiger partial charge in [0.1, 0.15) is 17.4 Å². The molecule has 13 nitrogen and oxygen atoms in total. The SMILES string of the molecule is C[C@H](NP(=O)(Oc1ccccc1)OC1C2(O)[C@@](C)(O)[C@H](n3ccc(=O)[nH]c3=O)O[C@]12F)C(=O)OCC(C)(C)C. The minimum Gasteiger partial charge on any atom is -0.464 e. The number of nitrogens with one attached hydrogen (secondary N) is 2. The van der Waals surface area contributed by atoms with Crippen LogP contribution in [0.2, 0.25) is 0 Å². The second-order valence-corrected chi connectivity index (χ2v) is 12.6. The summed E-state index contributed by atoms with van der Waals surface area (Å²) in [6.07, 6.45) is -2.90. The first kappa shape index (κ1) is 29.1. The molecule has 0 spiro atoms. The Kier molecular flexibility index (Phi) is 7.20. The molecule has 1 saturated carbocycles. The second-order valence-electron chi connectivity index (χ2n) is 11.0. The lowest BCUT2D eigenvalue weighted by Crippen LogP contribution is -2.51. The smallest absolute Gasteiger partial charge is 0.460 e. The fourth-order valence-electron chi connectivity index (χ4n) is 4.22. The zero-order valence-electron chi connectivity index (χ0n) is 21.9. The Balaban J connectivity index is 1.59. The molecule has 3 unspecified atom stereocenters. The van der Waals surface area contributed by atoms with E-state index in [-0.39, 0.29) is 17.8 Å². The quantitative estimate of drug-likeness (QED) is 0.252. The molecule has 4 N–H and O–H groups in total. The molecule has 4 rings (SSSR count). The molecule has 2 heterocycles. The number of aromatic nitrogens is 2. The maximum absolute atomic E-state index is 16.0. The van der Waals surface area contributed by atoms with Crippen molar-refractivity contribution < 1.29 is 42.5 Å². The van der Waals surface area contributed by atoms with Crippen LogP contribution in [0.25, 0.3) is 0 Å². The molecule has 0 amide bonds. The predicted octanol–water partition coefficient (Wildman–Crippen LogP) is 1.37. The summed E-state index contributed by atoms with van der Waals surface area (Å²) in [5, 5.41) is 24.7. The lowest BCUT2D eigenvalue weighted by Gasteiger charge is -2.33. The first-order valence-electron chi connectivity index (χ1n) is 12.0. The number of aromatic amines is 1. The summed E-state index contributed by atoms with van der Waals surface area (Å²) >= 11 is 0. The maximum atomic E-state index is 16.0. The number of hydrogen-bond acceptors (Lipinski definition) is 10. The van der Waals surface area contributed by atoms with E-state index in [0.29, 0.717) is 4.57 Å². The number of para-hydroxylation sites is 1. The maximum Gasteiger partial charge on any atom is 0.460 e. The molecule has 1 saturated heterocycles. The number of benzene rings is 1. The van der Waals surface area contributed by atoms with Crippen molar-refractivity contribution in [2.75, 3.05) is 6.61 Å². The Labute approximate surface area is 222 Å². The predicted molar refractivity (Wildman–Crippen MR) is 133 cm³/mol. The van der Waals surface area contributed by atoms with Crippen LogP contribution in [0.1, 0.15) is 40.8 Å². The molecule has 15 heteroatoms. The average Bonchev–Trinajstić information content (AvgIpc) is 3.23. The Hall–Kier alpha value is -2.87. The fourth-order valence-corrected chi connectivity index (χ4v) is 5.92. The van der Waals surface area contributed by atoms with E-state index in [1.165, 1.54) is 19.1 Å². The number of aliphatic hydroxyl groups is 2. The number of rotatable bonds is 9. The number of nitrogens with zero attached hydrogens (tertiary/aromatic N) is 1. The van der Waals surface area contributed by atoms with Gasteiger partial charge < -0.3 is 24.2 Å². The molecule has 7 atom stereocenters. The summed E-state index contributed by atoms with van der Waals surface area (Å²) in [5.74, 6) is -3.92. The Bertz CT molecular complexity index is 1410. The van der Waals surface area contributed by atoms with Gasteiger partial charge in [0.2, 0.25) is 0 Å². The zero-order valence-corrected chi connectivity index (χ0v) is 22.8. The molecule has 2 aromatic rings. The van der Waals surface area contributed by atoms with Crippen molar-refractivity contribution in [2.24, 2.45) is 5.41 Å². The highest BCUT2D eigenvalue weighted by atomic mass is 31.2. The van der Waals surface area contributed by atoms with Gasteiger partial charge >= 0.3 is 19.4 Å². The summed E-state index contributed by atoms with van der Waals surface area (Å²) < 4.78 is 51.9. The van der Waals surface area contributed by atoms with E-state index in [2.05, 4.69) is 5.09 Å². The standard InChI is InChI=1S/C24H31FN3O10P/c1-14(17(30)35-13-21(2,3)4)27-39(34,37-15-9-7-6-8-10-15)38-18-23(33)22(5,32)19(36-24(18,23)25)28-12-11-16(29)26-20(28)31/h6-12,14,18-19,32-33H,13H2,1-5H3,(H,27,34)(H,26,29,31)/t14-,18?,19+,22-,23?,24+,39?/m0/s1. The van der Waals surface area contributed by atoms with Crippen LogP contribution in [0.4, 0.5) is 4.39 Å². The zero-order chi connectivity index (χ0) is 29.0. The molecule has 214 valence electrons. The molecule has 1 aromatic heterocycles. The van der Waals surface area contributed by atoms with Gasteiger partial charge in [-0.15, -0.1) is 0 Å². The molecule has 1 aromatic carbocycles. The molecule has 1 aliphatic carbocycles. The number of ether oxygens (including phenoxy) is 2. The van der Waals surface area contributed by atoms with Gasteiger partial charge in [-0.05, 0) is 31.4 Å². The van der Waals surface area contributed by atoms with Crippen LogP contribution in [0.15, 0.2) is 52.2 Å². The lowest BCUT2D eigenvalue weighted by molar-refractivity contribution is -0.180. The van der Waals surface area contributed by atoms with Crippen molar-refractivity contribution in [1.29, 1.82) is 0 Å². The normalized spacial score (nSPS) is 32.1. The Morgan fingerprint density at radius 2 is 1.90 bits per heavy atom. The number of esters is 1. The Morgan fingerprint density at radius 3 is 2.44 bits per heavy atom. The van der Waals surface area contributed by atoms with Crippen LogP contribution in [0, 0.1) is 5.41 Å². The highest BCUT2D eigenvalue weighted by molar-refractivity contribution is 7.52. The van der Waals surface area contributed by atoms with Gasteiger partial charge in [0.05, 0.1) is 6.61 Å². The number of fused-ring (bicyclic) bond motifs is 1. The van der Waals surface area contributed by atoms with E-state index < -0.39 is 60.4 Å². The summed E-state index contributed by atoms with van der Waals surface area (Å²) in [4.78, 5) is 38.1. The third-order valence-corrected chi connectivity index (χ3v) is 8.00. The van der Waals surface area contributed by atoms with E-state index in [0.717, 1.165) is 19.2 Å². The van der Waals surface area contributed by atoms with Gasteiger partial charge in [-0.1, -0.05) is 39.0 Å². The summed E-state index contributed by atoms with van der Waals surface area (Å²) in [7, 11) is -4.67. The van der Waals surface area contributed by atoms with Crippen molar-refractivity contribution in [1.82, 2.24) is 14.6 Å². The molecule has 1 aliphatic heterocycles. The van der Waals surface area contributed by atoms with Crippen molar-refractivity contribution >= 4 is 13.7 Å². The first-order chi connectivity index (χ1) is 17.9. The highest BCUT2D eigenvalue weighted by Crippen LogP contribution is 2.71. The van der Waals surface area contributed by atoms with Crippen LogP contribution in [0.5, 0.6) is 5.75 Å². The largest absolute Gasteiger partial charge is 0.464 e. The van der Waals surface area contributed by atoms with E-state index >= 15 is 4.39 Å². The van der Waals surface area contributed by atoms with Gasteiger partial charge in [-0.25, -0.2) is 13.8 Å². The van der Waals surface area contributed by atoms with Crippen LogP contribution < -0.4 is 20.9 Å². The highest BCUT2D eigenvalue weighted by Gasteiger charge is 2.95. The molecular formula is C24H31FN3O10P. The van der Waals surface area contributed by atoms with Gasteiger partial charge in [0, 0.05) is 12.3 Å². The number of alkyl halides is 1. The van der Waals surface area contributed by atoms with Gasteiger partial charge in [-0.2, -0.15) is 5.09 Å². The van der Waals surface area contributed by atoms with E-state index in [1.54, 1.807) is 18.2 Å². The van der Waals surface area contributed by atoms with Crippen LogP contribution in [-0.2, 0) is 23.4 Å². The number of halogens is 1. The molecule has 0 radical (unpaired) electrons. The molecule has 0 bridgehead atoms. The van der Waals surface area contributed by atoms with Crippen molar-refractivity contribution in [3.63, 3.8) is 0 Å². The van der Waals surface area contributed by atoms with E-state index in [4.69, 9.17) is 18.5 Å². The topological polar surface area (TPSA) is 178 Å². The van der Waals surface area contributed by atoms with Crippen molar-refractivity contribution in [2.45, 2.75) is 70.0 Å². The first-order valence-corrected chi connectivity index (χ1v) is 13.6. The van der Waals surface area contributed by atoms with Gasteiger partial charge in [-0.3, -0.25) is 23.7 Å². The minimum absolute atomic E-state index is 0.0275. The van der Waals surface area contributed by atoms with Crippen LogP contribution in [0.3, 0.4) is 0 Å². The number of carbonyl (C=O) groups excluding carboxylic acids is 1. The molecule has 2 fully saturated rings. The lowest BCUT2D eigenvalue weighted by atomic mass is 9.95. The molecule has 39 heavy (non-hydrogen) atoms. The number of hydrogen-bond donors (Lipinski definition) is 4. The minimum atomic E-state index is -4.67. The summed E-state index contributed by atoms with van der Waals surface area (Å²) in [5.41, 5.74) is -7.47. The third-order valence-electron chi connectivity index (χ3n) is 6.36. The van der Waals surface area contributed by atoms with E-state index in [9.17, 15) is 29.2 Å². The second kappa shape index (κ2) is 9.65. The molecular weight excluding hydrogens is 540 g/mol. The van der Waals surface area contributed by atoms with Crippen molar-refractivity contribution in [3.8, 4) is 5.75 Å². The number of carbonyl (C=O) groups is 1. The monoisotopic (exact) mass is 571 g/mol. The Morgan fingerprint density at radius 1 is 1.26 bits per heavy atom. The van der Waals surface area contributed by atoms with Crippen molar-refractivity contribution in [3.05, 3.63) is 63.4 Å². The fraction of sp³-hybridized carbons (Fsp3) is 0.542. The third kappa shape index (κ3) is 5.20. The van der Waals surface area contributed by atoms with Gasteiger partial charge in [0.25, 0.3) is 11.4 Å². The average molecular weight is 571 g/mol. The van der Waals surface area contributed by atoms with Gasteiger partial charge in [0.15, 0.2) is 17.9 Å².